The fraction of sp³-hybridized carbons (Fsp3) is 0.385. The predicted molar refractivity (Wildman–Crippen MR) is 203 cm³/mol. The standard InChI is InChI=1S/C39H48N4O12/c1-7-10-54-38(48)40-30-18-34(32(50-5)16-28(30)36(46)42-20-24(3)14-26(42)22-44)52-12-9-13-53-35-19-31(41-39(49)55-11-8-2)29(17-33(35)51-6)37(47)43-21-25(4)15-27(43)23-45/h7-8,16-19,26-27,44-45H,1-4,9-15,20-23H2,5-6H3,(H,40,48)(H,41,49)/t26-,27-/m0/s1. The van der Waals surface area contributed by atoms with Crippen LogP contribution in [-0.2, 0) is 9.47 Å². The summed E-state index contributed by atoms with van der Waals surface area (Å²) in [6.07, 6.45) is 2.34. The van der Waals surface area contributed by atoms with Crippen molar-refractivity contribution >= 4 is 35.4 Å². The molecule has 0 radical (unpaired) electrons. The molecule has 55 heavy (non-hydrogen) atoms. The number of methoxy groups -OCH3 is 2. The molecule has 2 aliphatic rings. The molecule has 4 rings (SSSR count). The van der Waals surface area contributed by atoms with Gasteiger partial charge in [-0.25, -0.2) is 9.59 Å². The zero-order valence-electron chi connectivity index (χ0n) is 31.1. The average Bonchev–Trinajstić information content (AvgIpc) is 3.76. The fourth-order valence-electron chi connectivity index (χ4n) is 6.08. The van der Waals surface area contributed by atoms with Gasteiger partial charge in [-0.05, 0) is 25.0 Å². The van der Waals surface area contributed by atoms with Crippen LogP contribution < -0.4 is 29.6 Å². The molecule has 0 saturated carbocycles. The zero-order valence-corrected chi connectivity index (χ0v) is 31.1. The van der Waals surface area contributed by atoms with Crippen LogP contribution in [0, 0.1) is 0 Å². The second-order valence-corrected chi connectivity index (χ2v) is 12.6. The summed E-state index contributed by atoms with van der Waals surface area (Å²) in [6, 6.07) is 4.83. The third-order valence-electron chi connectivity index (χ3n) is 8.67. The third-order valence-corrected chi connectivity index (χ3v) is 8.67. The summed E-state index contributed by atoms with van der Waals surface area (Å²) in [7, 11) is 2.81. The Morgan fingerprint density at radius 1 is 0.709 bits per heavy atom. The SMILES string of the molecule is C=CCOC(=O)Nc1cc(OCCCOc2cc(NC(=O)OCC=C)c(C(=O)N3CC(=C)C[C@H]3CO)cc2OC)c(OC)cc1C(=O)N1CC(=C)C[C@H]1CO. The van der Waals surface area contributed by atoms with Gasteiger partial charge < -0.3 is 48.4 Å². The van der Waals surface area contributed by atoms with Gasteiger partial charge >= 0.3 is 12.2 Å². The highest BCUT2D eigenvalue weighted by Gasteiger charge is 2.34. The summed E-state index contributed by atoms with van der Waals surface area (Å²) in [4.78, 5) is 55.5. The minimum absolute atomic E-state index is 0.0628. The molecular weight excluding hydrogens is 716 g/mol. The highest BCUT2D eigenvalue weighted by Crippen LogP contribution is 2.38. The number of ether oxygens (including phenoxy) is 6. The maximum Gasteiger partial charge on any atom is 0.411 e. The van der Waals surface area contributed by atoms with E-state index in [9.17, 15) is 29.4 Å². The number of aliphatic hydroxyl groups is 2. The van der Waals surface area contributed by atoms with Crippen molar-refractivity contribution in [3.05, 3.63) is 85.0 Å². The number of hydrogen-bond acceptors (Lipinski definition) is 12. The van der Waals surface area contributed by atoms with Crippen molar-refractivity contribution in [1.29, 1.82) is 0 Å². The number of hydrogen-bond donors (Lipinski definition) is 4. The minimum Gasteiger partial charge on any atom is -0.493 e. The Labute approximate surface area is 319 Å². The summed E-state index contributed by atoms with van der Waals surface area (Å²) < 4.78 is 33.3. The molecule has 2 atom stereocenters. The van der Waals surface area contributed by atoms with E-state index in [0.29, 0.717) is 19.3 Å². The third kappa shape index (κ3) is 10.6. The molecule has 2 aliphatic heterocycles. The average molecular weight is 765 g/mol. The summed E-state index contributed by atoms with van der Waals surface area (Å²) in [5, 5.41) is 24.9. The number of benzene rings is 2. The Balaban J connectivity index is 1.52. The molecule has 0 unspecified atom stereocenters. The first-order valence-corrected chi connectivity index (χ1v) is 17.4. The maximum absolute atomic E-state index is 13.7. The second kappa shape index (κ2) is 19.9. The molecule has 2 aromatic rings. The summed E-state index contributed by atoms with van der Waals surface area (Å²) in [5.74, 6) is -0.0912. The van der Waals surface area contributed by atoms with Crippen molar-refractivity contribution in [3.8, 4) is 23.0 Å². The Bertz CT molecular complexity index is 1670. The second-order valence-electron chi connectivity index (χ2n) is 12.6. The van der Waals surface area contributed by atoms with Crippen LogP contribution in [0.25, 0.3) is 0 Å². The van der Waals surface area contributed by atoms with Crippen LogP contribution in [0.3, 0.4) is 0 Å². The van der Waals surface area contributed by atoms with E-state index in [4.69, 9.17) is 28.4 Å². The molecule has 2 fully saturated rings. The molecule has 16 nitrogen and oxygen atoms in total. The van der Waals surface area contributed by atoms with E-state index in [1.165, 1.54) is 60.4 Å². The monoisotopic (exact) mass is 764 g/mol. The van der Waals surface area contributed by atoms with Crippen molar-refractivity contribution < 1.29 is 57.8 Å². The van der Waals surface area contributed by atoms with E-state index in [1.54, 1.807) is 0 Å². The van der Waals surface area contributed by atoms with E-state index in [0.717, 1.165) is 11.1 Å². The normalized spacial score (nSPS) is 16.3. The van der Waals surface area contributed by atoms with E-state index in [2.05, 4.69) is 36.9 Å². The molecule has 0 aliphatic carbocycles. The van der Waals surface area contributed by atoms with Gasteiger partial charge in [0, 0.05) is 31.6 Å². The quantitative estimate of drug-likeness (QED) is 0.122. The number of aliphatic hydroxyl groups excluding tert-OH is 2. The van der Waals surface area contributed by atoms with Gasteiger partial charge in [0.2, 0.25) is 0 Å². The number of nitrogens with zero attached hydrogens (tertiary/aromatic N) is 2. The van der Waals surface area contributed by atoms with Crippen molar-refractivity contribution in [2.45, 2.75) is 31.3 Å². The lowest BCUT2D eigenvalue weighted by Crippen LogP contribution is -2.38. The molecule has 4 amide bonds. The minimum atomic E-state index is -0.827. The molecular formula is C39H48N4O12. The fourth-order valence-corrected chi connectivity index (χ4v) is 6.08. The summed E-state index contributed by atoms with van der Waals surface area (Å²) in [6.45, 7) is 15.0. The zero-order chi connectivity index (χ0) is 40.1. The molecule has 4 N–H and O–H groups in total. The van der Waals surface area contributed by atoms with Crippen LogP contribution in [-0.4, -0.2) is 123 Å². The Morgan fingerprint density at radius 2 is 1.11 bits per heavy atom. The van der Waals surface area contributed by atoms with Crippen LogP contribution in [0.2, 0.25) is 0 Å². The predicted octanol–water partition coefficient (Wildman–Crippen LogP) is 4.55. The molecule has 16 heteroatoms. The lowest BCUT2D eigenvalue weighted by atomic mass is 10.1. The van der Waals surface area contributed by atoms with E-state index in [1.807, 2.05) is 0 Å². The van der Waals surface area contributed by atoms with Crippen LogP contribution in [0.1, 0.15) is 40.0 Å². The summed E-state index contributed by atoms with van der Waals surface area (Å²) in [5.41, 5.74) is 1.93. The first-order chi connectivity index (χ1) is 26.5. The van der Waals surface area contributed by atoms with Gasteiger partial charge in [0.15, 0.2) is 23.0 Å². The number of carbonyl (C=O) groups excluding carboxylic acids is 4. The highest BCUT2D eigenvalue weighted by molar-refractivity contribution is 6.05. The maximum atomic E-state index is 13.7. The molecule has 0 bridgehead atoms. The van der Waals surface area contributed by atoms with Gasteiger partial charge in [0.05, 0.1) is 75.2 Å². The van der Waals surface area contributed by atoms with Gasteiger partial charge in [-0.15, -0.1) is 0 Å². The first kappa shape index (κ1) is 41.8. The largest absolute Gasteiger partial charge is 0.493 e. The lowest BCUT2D eigenvalue weighted by molar-refractivity contribution is 0.0674. The van der Waals surface area contributed by atoms with E-state index in [-0.39, 0.29) is 98.2 Å². The van der Waals surface area contributed by atoms with Crippen LogP contribution in [0.15, 0.2) is 73.9 Å². The number of nitrogens with one attached hydrogen (secondary N) is 2. The van der Waals surface area contributed by atoms with E-state index >= 15 is 0 Å². The van der Waals surface area contributed by atoms with Gasteiger partial charge in [-0.3, -0.25) is 20.2 Å². The Kier molecular flexibility index (Phi) is 15.1. The topological polar surface area (TPSA) is 195 Å². The molecule has 0 spiro atoms. The van der Waals surface area contributed by atoms with Gasteiger partial charge in [-0.1, -0.05) is 49.6 Å². The molecule has 296 valence electrons. The van der Waals surface area contributed by atoms with Crippen LogP contribution >= 0.6 is 0 Å². The van der Waals surface area contributed by atoms with E-state index < -0.39 is 36.1 Å². The van der Waals surface area contributed by atoms with Crippen molar-refractivity contribution in [2.24, 2.45) is 0 Å². The number of anilines is 2. The van der Waals surface area contributed by atoms with Crippen LogP contribution in [0.4, 0.5) is 21.0 Å². The molecule has 0 aromatic heterocycles. The molecule has 2 aromatic carbocycles. The van der Waals surface area contributed by atoms with Crippen molar-refractivity contribution in [1.82, 2.24) is 9.80 Å². The Hall–Kier alpha value is -6.00. The number of likely N-dealkylation sites (tertiary alicyclic amines) is 2. The van der Waals surface area contributed by atoms with Gasteiger partial charge in [0.1, 0.15) is 13.2 Å². The lowest BCUT2D eigenvalue weighted by Gasteiger charge is -2.25. The Morgan fingerprint density at radius 3 is 1.45 bits per heavy atom. The highest BCUT2D eigenvalue weighted by atomic mass is 16.6. The van der Waals surface area contributed by atoms with Crippen LogP contribution in [0.5, 0.6) is 23.0 Å². The first-order valence-electron chi connectivity index (χ1n) is 17.4. The van der Waals surface area contributed by atoms with Gasteiger partial charge in [-0.2, -0.15) is 0 Å². The van der Waals surface area contributed by atoms with Crippen molar-refractivity contribution in [3.63, 3.8) is 0 Å². The van der Waals surface area contributed by atoms with Crippen molar-refractivity contribution in [2.75, 3.05) is 77.6 Å². The number of carbonyl (C=O) groups is 4. The number of rotatable bonds is 18. The summed E-state index contributed by atoms with van der Waals surface area (Å²) >= 11 is 0. The molecule has 2 heterocycles. The smallest absolute Gasteiger partial charge is 0.411 e. The van der Waals surface area contributed by atoms with Gasteiger partial charge in [0.25, 0.3) is 11.8 Å². The molecule has 2 saturated heterocycles. The number of amides is 4.